The molecule has 104 valence electrons. The van der Waals surface area contributed by atoms with Crippen LogP contribution in [-0.2, 0) is 10.8 Å². The molecule has 1 unspecified atom stereocenters. The molecular formula is C13H25N3OS. The average molecular weight is 271 g/mol. The van der Waals surface area contributed by atoms with Gasteiger partial charge in [-0.1, -0.05) is 13.8 Å². The van der Waals surface area contributed by atoms with Gasteiger partial charge in [0, 0.05) is 35.4 Å². The van der Waals surface area contributed by atoms with Gasteiger partial charge in [-0.25, -0.2) is 0 Å². The molecule has 0 saturated carbocycles. The van der Waals surface area contributed by atoms with Gasteiger partial charge < -0.3 is 4.90 Å². The van der Waals surface area contributed by atoms with Crippen LogP contribution < -0.4 is 5.32 Å². The predicted molar refractivity (Wildman–Crippen MR) is 75.9 cm³/mol. The van der Waals surface area contributed by atoms with Crippen LogP contribution in [0, 0.1) is 11.3 Å². The van der Waals surface area contributed by atoms with Gasteiger partial charge in [0.1, 0.15) is 5.54 Å². The van der Waals surface area contributed by atoms with Crippen LogP contribution in [-0.4, -0.2) is 52.3 Å². The van der Waals surface area contributed by atoms with E-state index in [4.69, 9.17) is 0 Å². The first-order chi connectivity index (χ1) is 8.65. The van der Waals surface area contributed by atoms with E-state index in [-0.39, 0.29) is 5.54 Å². The molecule has 0 aromatic heterocycles. The maximum Gasteiger partial charge on any atom is 0.106 e. The molecule has 0 bridgehead atoms. The Hall–Kier alpha value is -0.440. The van der Waals surface area contributed by atoms with E-state index in [2.05, 4.69) is 23.2 Å². The highest BCUT2D eigenvalue weighted by molar-refractivity contribution is 7.85. The van der Waals surface area contributed by atoms with Crippen LogP contribution in [0.3, 0.4) is 0 Å². The van der Waals surface area contributed by atoms with Gasteiger partial charge >= 0.3 is 0 Å². The van der Waals surface area contributed by atoms with E-state index in [0.29, 0.717) is 0 Å². The number of nitrogens with one attached hydrogen (secondary N) is 1. The molecule has 0 aromatic rings. The fraction of sp³-hybridized carbons (Fsp3) is 0.923. The summed E-state index contributed by atoms with van der Waals surface area (Å²) in [4.78, 5) is 2.37. The zero-order chi connectivity index (χ0) is 13.4. The van der Waals surface area contributed by atoms with E-state index in [1.165, 1.54) is 0 Å². The van der Waals surface area contributed by atoms with E-state index in [1.807, 2.05) is 6.92 Å². The van der Waals surface area contributed by atoms with Gasteiger partial charge in [0.15, 0.2) is 0 Å². The van der Waals surface area contributed by atoms with Crippen LogP contribution in [0.25, 0.3) is 0 Å². The highest BCUT2D eigenvalue weighted by Gasteiger charge is 2.26. The predicted octanol–water partition coefficient (Wildman–Crippen LogP) is 1.11. The first kappa shape index (κ1) is 15.6. The molecule has 1 rings (SSSR count). The van der Waals surface area contributed by atoms with Gasteiger partial charge in [-0.15, -0.1) is 0 Å². The molecule has 1 aliphatic heterocycles. The standard InChI is InChI=1S/C13H25N3OS/c1-3-13(12-14,15-4-2)6-5-7-16-8-10-18(17)11-9-16/h15H,3-11H2,1-2H3. The van der Waals surface area contributed by atoms with E-state index < -0.39 is 10.8 Å². The first-order valence-corrected chi connectivity index (χ1v) is 8.38. The molecule has 1 atom stereocenters. The summed E-state index contributed by atoms with van der Waals surface area (Å²) in [5, 5.41) is 12.6. The summed E-state index contributed by atoms with van der Waals surface area (Å²) < 4.78 is 11.3. The Kier molecular flexibility index (Phi) is 6.83. The van der Waals surface area contributed by atoms with Gasteiger partial charge in [0.2, 0.25) is 0 Å². The molecule has 0 aromatic carbocycles. The van der Waals surface area contributed by atoms with Crippen molar-refractivity contribution in [3.05, 3.63) is 0 Å². The summed E-state index contributed by atoms with van der Waals surface area (Å²) in [6.45, 7) is 7.85. The summed E-state index contributed by atoms with van der Waals surface area (Å²) in [6, 6.07) is 2.43. The molecule has 1 aliphatic rings. The fourth-order valence-electron chi connectivity index (χ4n) is 2.41. The molecule has 1 N–H and O–H groups in total. The van der Waals surface area contributed by atoms with Gasteiger partial charge in [-0.05, 0) is 32.4 Å². The number of rotatable bonds is 7. The number of nitrogens with zero attached hydrogens (tertiary/aromatic N) is 2. The SMILES string of the molecule is CCNC(C#N)(CC)CCCN1CCS(=O)CC1. The smallest absolute Gasteiger partial charge is 0.106 e. The molecule has 0 spiro atoms. The van der Waals surface area contributed by atoms with Crippen LogP contribution >= 0.6 is 0 Å². The van der Waals surface area contributed by atoms with E-state index in [1.54, 1.807) is 0 Å². The third-order valence-corrected chi connectivity index (χ3v) is 4.96. The Morgan fingerprint density at radius 2 is 2.06 bits per heavy atom. The Bertz CT molecular complexity index is 306. The molecule has 0 aliphatic carbocycles. The maximum atomic E-state index is 11.3. The molecule has 0 amide bonds. The minimum atomic E-state index is -0.596. The monoisotopic (exact) mass is 271 g/mol. The Labute approximate surface area is 113 Å². The van der Waals surface area contributed by atoms with Crippen molar-refractivity contribution in [1.82, 2.24) is 10.2 Å². The fourth-order valence-corrected chi connectivity index (χ4v) is 3.53. The lowest BCUT2D eigenvalue weighted by atomic mass is 9.92. The molecule has 1 fully saturated rings. The molecule has 1 saturated heterocycles. The van der Waals surface area contributed by atoms with Crippen molar-refractivity contribution in [2.75, 3.05) is 37.7 Å². The average Bonchev–Trinajstić information content (AvgIpc) is 2.40. The van der Waals surface area contributed by atoms with Crippen molar-refractivity contribution >= 4 is 10.8 Å². The van der Waals surface area contributed by atoms with Crippen LogP contribution in [0.15, 0.2) is 0 Å². The second-order valence-electron chi connectivity index (χ2n) is 4.87. The van der Waals surface area contributed by atoms with Crippen molar-refractivity contribution < 1.29 is 4.21 Å². The Morgan fingerprint density at radius 1 is 1.39 bits per heavy atom. The second kappa shape index (κ2) is 7.88. The summed E-state index contributed by atoms with van der Waals surface area (Å²) in [6.07, 6.45) is 2.77. The number of nitriles is 1. The highest BCUT2D eigenvalue weighted by atomic mass is 32.2. The Morgan fingerprint density at radius 3 is 2.56 bits per heavy atom. The zero-order valence-corrected chi connectivity index (χ0v) is 12.4. The zero-order valence-electron chi connectivity index (χ0n) is 11.6. The van der Waals surface area contributed by atoms with Gasteiger partial charge in [0.25, 0.3) is 0 Å². The molecule has 1 heterocycles. The van der Waals surface area contributed by atoms with Gasteiger partial charge in [-0.3, -0.25) is 9.53 Å². The quantitative estimate of drug-likeness (QED) is 0.754. The summed E-state index contributed by atoms with van der Waals surface area (Å²) in [5.41, 5.74) is -0.354. The molecule has 5 heteroatoms. The summed E-state index contributed by atoms with van der Waals surface area (Å²) in [7, 11) is -0.596. The highest BCUT2D eigenvalue weighted by Crippen LogP contribution is 2.17. The molecular weight excluding hydrogens is 246 g/mol. The largest absolute Gasteiger partial charge is 0.302 e. The lowest BCUT2D eigenvalue weighted by molar-refractivity contribution is 0.272. The molecule has 4 nitrogen and oxygen atoms in total. The van der Waals surface area contributed by atoms with Crippen molar-refractivity contribution in [3.8, 4) is 6.07 Å². The lowest BCUT2D eigenvalue weighted by Crippen LogP contribution is -2.44. The topological polar surface area (TPSA) is 56.1 Å². The van der Waals surface area contributed by atoms with Crippen LogP contribution in [0.1, 0.15) is 33.1 Å². The van der Waals surface area contributed by atoms with E-state index >= 15 is 0 Å². The van der Waals surface area contributed by atoms with Crippen molar-refractivity contribution in [2.24, 2.45) is 0 Å². The van der Waals surface area contributed by atoms with Crippen LogP contribution in [0.4, 0.5) is 0 Å². The second-order valence-corrected chi connectivity index (χ2v) is 6.57. The van der Waals surface area contributed by atoms with Crippen molar-refractivity contribution in [3.63, 3.8) is 0 Å². The van der Waals surface area contributed by atoms with Gasteiger partial charge in [-0.2, -0.15) is 5.26 Å². The summed E-state index contributed by atoms with van der Waals surface area (Å²) >= 11 is 0. The third-order valence-electron chi connectivity index (χ3n) is 3.68. The number of hydrogen-bond acceptors (Lipinski definition) is 4. The summed E-state index contributed by atoms with van der Waals surface area (Å²) in [5.74, 6) is 1.62. The minimum Gasteiger partial charge on any atom is -0.302 e. The Balaban J connectivity index is 2.31. The molecule has 18 heavy (non-hydrogen) atoms. The maximum absolute atomic E-state index is 11.3. The van der Waals surface area contributed by atoms with Crippen LogP contribution in [0.2, 0.25) is 0 Å². The first-order valence-electron chi connectivity index (χ1n) is 6.89. The van der Waals surface area contributed by atoms with Crippen LogP contribution in [0.5, 0.6) is 0 Å². The normalized spacial score (nSPS) is 21.4. The van der Waals surface area contributed by atoms with Crippen molar-refractivity contribution in [2.45, 2.75) is 38.6 Å². The van der Waals surface area contributed by atoms with Crippen molar-refractivity contribution in [1.29, 1.82) is 5.26 Å². The lowest BCUT2D eigenvalue weighted by Gasteiger charge is -2.29. The minimum absolute atomic E-state index is 0.354. The van der Waals surface area contributed by atoms with E-state index in [0.717, 1.165) is 56.9 Å². The number of hydrogen-bond donors (Lipinski definition) is 1. The van der Waals surface area contributed by atoms with E-state index in [9.17, 15) is 9.47 Å². The third kappa shape index (κ3) is 4.68. The molecule has 0 radical (unpaired) electrons. The van der Waals surface area contributed by atoms with Gasteiger partial charge in [0.05, 0.1) is 6.07 Å².